The Morgan fingerprint density at radius 2 is 0.983 bits per heavy atom. The van der Waals surface area contributed by atoms with Crippen LogP contribution in [0.25, 0.3) is 41.1 Å². The van der Waals surface area contributed by atoms with Gasteiger partial charge in [-0.15, -0.1) is 45.3 Å². The molecular weight excluding hydrogens is 827 g/mol. The van der Waals surface area contributed by atoms with E-state index in [-0.39, 0.29) is 26.8 Å². The molecule has 4 heterocycles. The first-order chi connectivity index (χ1) is 27.1. The summed E-state index contributed by atoms with van der Waals surface area (Å²) in [5.74, 6) is -14.5. The van der Waals surface area contributed by atoms with E-state index < -0.39 is 28.9 Å². The summed E-state index contributed by atoms with van der Waals surface area (Å²) in [6.07, 6.45) is 0. The predicted octanol–water partition coefficient (Wildman–Crippen LogP) is 16.4. The lowest BCUT2D eigenvalue weighted by Gasteiger charge is -2.25. The number of hydrogen-bond acceptors (Lipinski definition) is 6. The maximum Gasteiger partial charge on any atom is 0.380 e. The van der Waals surface area contributed by atoms with Gasteiger partial charge in [-0.3, -0.25) is 0 Å². The van der Waals surface area contributed by atoms with Gasteiger partial charge in [-0.05, 0) is 107 Å². The van der Waals surface area contributed by atoms with Gasteiger partial charge in [0.1, 0.15) is 11.5 Å². The molecule has 6 aromatic rings. The molecule has 2 aromatic carbocycles. The Morgan fingerprint density at radius 3 is 1.45 bits per heavy atom. The zero-order chi connectivity index (χ0) is 43.0. The molecule has 0 aliphatic heterocycles. The van der Waals surface area contributed by atoms with Crippen LogP contribution < -0.4 is 9.47 Å². The summed E-state index contributed by atoms with van der Waals surface area (Å²) in [4.78, 5) is 4.81. The molecule has 0 unspecified atom stereocenters. The monoisotopic (exact) mass is 874 g/mol. The normalized spacial score (nSPS) is 15.7. The van der Waals surface area contributed by atoms with Gasteiger partial charge in [-0.1, -0.05) is 73.1 Å². The molecule has 0 amide bonds. The van der Waals surface area contributed by atoms with Gasteiger partial charge in [0.2, 0.25) is 0 Å². The zero-order valence-electron chi connectivity index (χ0n) is 34.4. The van der Waals surface area contributed by atoms with E-state index in [9.17, 15) is 0 Å². The molecule has 1 aliphatic carbocycles. The highest BCUT2D eigenvalue weighted by Crippen LogP contribution is 2.66. The number of allylic oxidation sites excluding steroid dienone is 2. The predicted molar refractivity (Wildman–Crippen MR) is 235 cm³/mol. The van der Waals surface area contributed by atoms with Crippen LogP contribution in [0, 0.1) is 6.92 Å². The molecule has 310 valence electrons. The third-order valence-corrected chi connectivity index (χ3v) is 14.9. The Hall–Kier alpha value is -3.84. The van der Waals surface area contributed by atoms with E-state index in [1.165, 1.54) is 52.9 Å². The van der Waals surface area contributed by atoms with Gasteiger partial charge in [-0.2, -0.15) is 26.3 Å². The third-order valence-electron chi connectivity index (χ3n) is 9.34. The van der Waals surface area contributed by atoms with Crippen LogP contribution in [0.1, 0.15) is 81.8 Å². The lowest BCUT2D eigenvalue weighted by atomic mass is 9.94. The molecular formula is C46H48F6O2S4. The summed E-state index contributed by atoms with van der Waals surface area (Å²) >= 11 is 5.09. The summed E-state index contributed by atoms with van der Waals surface area (Å²) in [5.41, 5.74) is -2.04. The highest BCUT2D eigenvalue weighted by Gasteiger charge is 2.80. The van der Waals surface area contributed by atoms with Crippen molar-refractivity contribution in [1.29, 1.82) is 0 Å². The molecule has 0 bridgehead atoms. The molecule has 4 aromatic heterocycles. The molecule has 0 spiro atoms. The minimum absolute atomic E-state index is 0.161. The van der Waals surface area contributed by atoms with Crippen LogP contribution in [0.4, 0.5) is 26.3 Å². The number of benzene rings is 2. The van der Waals surface area contributed by atoms with Gasteiger partial charge in [-0.25, -0.2) is 0 Å². The van der Waals surface area contributed by atoms with E-state index in [1.54, 1.807) is 31.4 Å². The molecule has 2 nitrogen and oxygen atoms in total. The largest absolute Gasteiger partial charge is 0.497 e. The fourth-order valence-corrected chi connectivity index (χ4v) is 10.5. The van der Waals surface area contributed by atoms with E-state index in [0.717, 1.165) is 47.9 Å². The summed E-state index contributed by atoms with van der Waals surface area (Å²) in [5, 5.41) is 1.28. The van der Waals surface area contributed by atoms with Gasteiger partial charge in [0.05, 0.1) is 14.2 Å². The highest BCUT2D eigenvalue weighted by molar-refractivity contribution is 7.24. The van der Waals surface area contributed by atoms with Gasteiger partial charge in [0.15, 0.2) is 0 Å². The van der Waals surface area contributed by atoms with E-state index >= 15 is 26.3 Å². The average molecular weight is 875 g/mol. The quantitative estimate of drug-likeness (QED) is 0.149. The standard InChI is InChI=1S/C36H32F6OS4.C8H10O.C2H6/c1-32(2,3)27-14-12-23(45-27)25-16-20(18-44-25)29-30(35(39,40)36(41,42)34(29,37)38)22-17-26(24-13-15-28(46-24)33(4,5)6)47-31(22)19-8-10-21(43-7)11-9-19;1-7-3-5-8(9-2)6-4-7;1-2/h8-18H,1-7H3;3-6H,1-2H3;1-2H3. The maximum absolute atomic E-state index is 16.1. The Bertz CT molecular complexity index is 2350. The number of aryl methyl sites for hydroxylation is 1. The Balaban J connectivity index is 0.000000509. The molecule has 0 radical (unpaired) electrons. The Kier molecular flexibility index (Phi) is 13.3. The topological polar surface area (TPSA) is 18.5 Å². The second-order valence-electron chi connectivity index (χ2n) is 15.6. The summed E-state index contributed by atoms with van der Waals surface area (Å²) < 4.78 is 105. The van der Waals surface area contributed by atoms with Crippen LogP contribution in [0.5, 0.6) is 11.5 Å². The van der Waals surface area contributed by atoms with Crippen molar-refractivity contribution >= 4 is 56.5 Å². The van der Waals surface area contributed by atoms with Gasteiger partial charge in [0.25, 0.3) is 0 Å². The minimum Gasteiger partial charge on any atom is -0.497 e. The number of alkyl halides is 6. The molecule has 0 saturated heterocycles. The molecule has 0 N–H and O–H groups in total. The maximum atomic E-state index is 16.1. The lowest BCUT2D eigenvalue weighted by molar-refractivity contribution is -0.254. The first-order valence-electron chi connectivity index (χ1n) is 18.7. The fourth-order valence-electron chi connectivity index (χ4n) is 6.13. The second-order valence-corrected chi connectivity index (χ2v) is 19.7. The Morgan fingerprint density at radius 1 is 0.517 bits per heavy atom. The SMILES string of the molecule is CC.COc1ccc(-c2sc(-c3ccc(C(C)(C)C)s3)cc2C2=C(c3csc(-c4ccc(C(C)(C)C)s4)c3)C(F)(F)C(F)(F)C2(F)F)cc1.COc1ccc(C)cc1. The first kappa shape index (κ1) is 45.2. The van der Waals surface area contributed by atoms with Gasteiger partial charge in [0, 0.05) is 50.8 Å². The summed E-state index contributed by atoms with van der Waals surface area (Å²) in [7, 11) is 3.15. The fraction of sp³-hybridized carbons (Fsp3) is 0.348. The smallest absolute Gasteiger partial charge is 0.380 e. The average Bonchev–Trinajstić information content (AvgIpc) is 4.01. The third kappa shape index (κ3) is 8.72. The lowest BCUT2D eigenvalue weighted by Crippen LogP contribution is -2.48. The first-order valence-corrected chi connectivity index (χ1v) is 22.0. The zero-order valence-corrected chi connectivity index (χ0v) is 37.6. The van der Waals surface area contributed by atoms with Crippen molar-refractivity contribution in [3.8, 4) is 41.4 Å². The summed E-state index contributed by atoms with van der Waals surface area (Å²) in [6.45, 7) is 18.3. The molecule has 1 aliphatic rings. The number of hydrogen-bond donors (Lipinski definition) is 0. The summed E-state index contributed by atoms with van der Waals surface area (Å²) in [6, 6.07) is 24.7. The highest BCUT2D eigenvalue weighted by atomic mass is 32.1. The van der Waals surface area contributed by atoms with Crippen LogP contribution in [0.3, 0.4) is 0 Å². The van der Waals surface area contributed by atoms with Crippen molar-refractivity contribution in [1.82, 2.24) is 0 Å². The van der Waals surface area contributed by atoms with Crippen molar-refractivity contribution in [2.45, 2.75) is 90.9 Å². The van der Waals surface area contributed by atoms with E-state index in [1.807, 2.05) is 104 Å². The molecule has 0 fully saturated rings. The van der Waals surface area contributed by atoms with Crippen molar-refractivity contribution in [3.63, 3.8) is 0 Å². The van der Waals surface area contributed by atoms with Crippen molar-refractivity contribution in [2.24, 2.45) is 0 Å². The minimum atomic E-state index is -5.66. The van der Waals surface area contributed by atoms with E-state index in [4.69, 9.17) is 9.47 Å². The van der Waals surface area contributed by atoms with E-state index in [0.29, 0.717) is 21.1 Å². The second kappa shape index (κ2) is 17.0. The van der Waals surface area contributed by atoms with Crippen molar-refractivity contribution in [3.05, 3.63) is 117 Å². The van der Waals surface area contributed by atoms with Gasteiger partial charge < -0.3 is 9.47 Å². The molecule has 12 heteroatoms. The molecule has 58 heavy (non-hydrogen) atoms. The molecule has 7 rings (SSSR count). The van der Waals surface area contributed by atoms with Crippen LogP contribution in [0.2, 0.25) is 0 Å². The Labute approximate surface area is 353 Å². The number of rotatable bonds is 7. The number of ether oxygens (including phenoxy) is 2. The number of methoxy groups -OCH3 is 2. The van der Waals surface area contributed by atoms with Crippen LogP contribution in [-0.2, 0) is 10.8 Å². The molecule has 0 saturated carbocycles. The molecule has 0 atom stereocenters. The van der Waals surface area contributed by atoms with Gasteiger partial charge >= 0.3 is 17.8 Å². The van der Waals surface area contributed by atoms with E-state index in [2.05, 4.69) is 6.92 Å². The van der Waals surface area contributed by atoms with Crippen molar-refractivity contribution in [2.75, 3.05) is 14.2 Å². The van der Waals surface area contributed by atoms with Crippen LogP contribution in [-0.4, -0.2) is 32.0 Å². The number of thiophene rings is 4. The van der Waals surface area contributed by atoms with Crippen LogP contribution >= 0.6 is 45.3 Å². The van der Waals surface area contributed by atoms with Crippen molar-refractivity contribution < 1.29 is 35.8 Å². The number of halogens is 6. The van der Waals surface area contributed by atoms with Crippen LogP contribution in [0.15, 0.2) is 90.3 Å².